The summed E-state index contributed by atoms with van der Waals surface area (Å²) in [4.78, 5) is 4.61. The SMILES string of the molecule is [2H]C(C)(C)c1ccnc(-c2cccc3c2oc2c3ccc3c2ccc2c4ccccc4oc23)c1. The first-order valence-electron chi connectivity index (χ1n) is 11.6. The Labute approximate surface area is 191 Å². The zero-order chi connectivity index (χ0) is 23.0. The molecule has 0 aliphatic rings. The van der Waals surface area contributed by atoms with Gasteiger partial charge in [0.05, 0.1) is 5.69 Å². The van der Waals surface area contributed by atoms with Gasteiger partial charge in [0, 0.05) is 45.4 Å². The van der Waals surface area contributed by atoms with Gasteiger partial charge in [0.2, 0.25) is 0 Å². The highest BCUT2D eigenvalue weighted by Gasteiger charge is 2.18. The lowest BCUT2D eigenvalue weighted by atomic mass is 10.00. The van der Waals surface area contributed by atoms with E-state index in [1.165, 1.54) is 0 Å². The van der Waals surface area contributed by atoms with E-state index in [1.54, 1.807) is 6.20 Å². The number of fused-ring (bicyclic) bond motifs is 9. The van der Waals surface area contributed by atoms with Crippen molar-refractivity contribution in [2.45, 2.75) is 19.7 Å². The van der Waals surface area contributed by atoms with E-state index in [-0.39, 0.29) is 0 Å². The quantitative estimate of drug-likeness (QED) is 0.276. The number of nitrogens with zero attached hydrogens (tertiary/aromatic N) is 1. The Morgan fingerprint density at radius 2 is 1.30 bits per heavy atom. The highest BCUT2D eigenvalue weighted by Crippen LogP contribution is 2.41. The summed E-state index contributed by atoms with van der Waals surface area (Å²) in [6, 6.07) is 26.7. The van der Waals surface area contributed by atoms with E-state index in [1.807, 2.05) is 56.3 Å². The molecule has 0 aliphatic carbocycles. The lowest BCUT2D eigenvalue weighted by molar-refractivity contribution is 0.669. The molecule has 3 nitrogen and oxygen atoms in total. The first-order chi connectivity index (χ1) is 16.5. The van der Waals surface area contributed by atoms with Crippen LogP contribution in [0.5, 0.6) is 0 Å². The Hall–Kier alpha value is -4.11. The maximum atomic E-state index is 8.42. The molecule has 7 rings (SSSR count). The molecular formula is C30H21NO2. The minimum Gasteiger partial charge on any atom is -0.455 e. The standard InChI is InChI=1S/C30H21NO2/c1-17(2)18-14-15-31-26(16-18)25-8-5-7-20-22-12-13-23-24(29(22)33-30(20)25)11-10-21-19-6-3-4-9-27(19)32-28(21)23/h3-17H,1-2H3/i17D. The zero-order valence-corrected chi connectivity index (χ0v) is 18.3. The van der Waals surface area contributed by atoms with Gasteiger partial charge >= 0.3 is 0 Å². The van der Waals surface area contributed by atoms with Crippen molar-refractivity contribution in [1.29, 1.82) is 0 Å². The maximum absolute atomic E-state index is 8.42. The molecule has 0 atom stereocenters. The predicted molar refractivity (Wildman–Crippen MR) is 136 cm³/mol. The fraction of sp³-hybridized carbons (Fsp3) is 0.100. The third kappa shape index (κ3) is 2.59. The van der Waals surface area contributed by atoms with E-state index < -0.39 is 5.89 Å². The molecule has 3 aromatic heterocycles. The largest absolute Gasteiger partial charge is 0.455 e. The molecule has 0 spiro atoms. The summed E-state index contributed by atoms with van der Waals surface area (Å²) in [6.07, 6.45) is 1.77. The van der Waals surface area contributed by atoms with Crippen molar-refractivity contribution >= 4 is 54.6 Å². The van der Waals surface area contributed by atoms with Crippen LogP contribution in [0.3, 0.4) is 0 Å². The molecule has 0 radical (unpaired) electrons. The second-order valence-corrected chi connectivity index (χ2v) is 8.79. The number of rotatable bonds is 2. The minimum absolute atomic E-state index is 0.701. The lowest BCUT2D eigenvalue weighted by Crippen LogP contribution is -1.90. The van der Waals surface area contributed by atoms with Crippen LogP contribution in [0.4, 0.5) is 0 Å². The third-order valence-corrected chi connectivity index (χ3v) is 6.61. The normalized spacial score (nSPS) is 13.0. The van der Waals surface area contributed by atoms with Gasteiger partial charge in [0.15, 0.2) is 0 Å². The molecule has 0 bridgehead atoms. The van der Waals surface area contributed by atoms with Crippen LogP contribution in [0.25, 0.3) is 65.9 Å². The summed E-state index contributed by atoms with van der Waals surface area (Å²) in [5.41, 5.74) is 6.09. The molecule has 0 aliphatic heterocycles. The van der Waals surface area contributed by atoms with Crippen molar-refractivity contribution in [1.82, 2.24) is 4.98 Å². The monoisotopic (exact) mass is 428 g/mol. The van der Waals surface area contributed by atoms with Crippen molar-refractivity contribution < 1.29 is 10.2 Å². The average Bonchev–Trinajstić information content (AvgIpc) is 3.42. The molecular weight excluding hydrogens is 406 g/mol. The van der Waals surface area contributed by atoms with Gasteiger partial charge in [-0.1, -0.05) is 44.2 Å². The molecule has 0 unspecified atom stereocenters. The Kier molecular flexibility index (Phi) is 3.54. The molecule has 0 fully saturated rings. The van der Waals surface area contributed by atoms with Gasteiger partial charge < -0.3 is 8.83 Å². The number of hydrogen-bond acceptors (Lipinski definition) is 3. The van der Waals surface area contributed by atoms with Crippen LogP contribution in [0.1, 0.15) is 26.7 Å². The molecule has 33 heavy (non-hydrogen) atoms. The first-order valence-corrected chi connectivity index (χ1v) is 11.1. The fourth-order valence-corrected chi connectivity index (χ4v) is 4.93. The van der Waals surface area contributed by atoms with E-state index in [4.69, 9.17) is 10.2 Å². The number of para-hydroxylation sites is 2. The van der Waals surface area contributed by atoms with Crippen molar-refractivity contribution in [3.63, 3.8) is 0 Å². The van der Waals surface area contributed by atoms with Crippen molar-refractivity contribution in [2.75, 3.05) is 0 Å². The smallest absolute Gasteiger partial charge is 0.144 e. The van der Waals surface area contributed by atoms with E-state index in [0.717, 1.165) is 71.5 Å². The topological polar surface area (TPSA) is 39.2 Å². The second-order valence-electron chi connectivity index (χ2n) is 8.79. The summed E-state index contributed by atoms with van der Waals surface area (Å²) < 4.78 is 21.2. The van der Waals surface area contributed by atoms with E-state index in [2.05, 4.69) is 41.4 Å². The summed E-state index contributed by atoms with van der Waals surface area (Å²) in [5, 5.41) is 6.42. The number of pyridine rings is 1. The third-order valence-electron chi connectivity index (χ3n) is 6.61. The van der Waals surface area contributed by atoms with Crippen molar-refractivity contribution in [3.05, 3.63) is 90.6 Å². The summed E-state index contributed by atoms with van der Waals surface area (Å²) in [6.45, 7) is 3.78. The Bertz CT molecular complexity index is 1900. The van der Waals surface area contributed by atoms with Crippen LogP contribution in [0, 0.1) is 0 Å². The molecule has 3 heteroatoms. The van der Waals surface area contributed by atoms with Crippen LogP contribution < -0.4 is 0 Å². The minimum atomic E-state index is -0.701. The van der Waals surface area contributed by atoms with Crippen molar-refractivity contribution in [2.24, 2.45) is 0 Å². The molecule has 0 amide bonds. The molecule has 158 valence electrons. The van der Waals surface area contributed by atoms with Gasteiger partial charge in [-0.25, -0.2) is 0 Å². The highest BCUT2D eigenvalue weighted by atomic mass is 16.3. The predicted octanol–water partition coefficient (Wildman–Crippen LogP) is 8.82. The summed E-state index contributed by atoms with van der Waals surface area (Å²) in [5.74, 6) is -0.701. The Morgan fingerprint density at radius 3 is 2.06 bits per heavy atom. The number of aromatic nitrogens is 1. The Morgan fingerprint density at radius 1 is 0.667 bits per heavy atom. The summed E-state index contributed by atoms with van der Waals surface area (Å²) in [7, 11) is 0. The molecule has 0 saturated heterocycles. The number of furan rings is 2. The van der Waals surface area contributed by atoms with Crippen LogP contribution in [-0.2, 0) is 0 Å². The van der Waals surface area contributed by atoms with Gasteiger partial charge in [-0.05, 0) is 60.0 Å². The van der Waals surface area contributed by atoms with E-state index in [0.29, 0.717) is 0 Å². The van der Waals surface area contributed by atoms with Crippen LogP contribution in [-0.4, -0.2) is 4.98 Å². The molecule has 4 aromatic carbocycles. The van der Waals surface area contributed by atoms with E-state index >= 15 is 0 Å². The van der Waals surface area contributed by atoms with Gasteiger partial charge in [0.1, 0.15) is 22.3 Å². The number of hydrogen-bond donors (Lipinski definition) is 0. The van der Waals surface area contributed by atoms with Gasteiger partial charge in [-0.15, -0.1) is 0 Å². The highest BCUT2D eigenvalue weighted by molar-refractivity contribution is 6.23. The van der Waals surface area contributed by atoms with Gasteiger partial charge in [0.25, 0.3) is 0 Å². The second kappa shape index (κ2) is 6.69. The first kappa shape index (κ1) is 17.4. The maximum Gasteiger partial charge on any atom is 0.144 e. The number of benzene rings is 4. The molecule has 7 aromatic rings. The molecule has 0 saturated carbocycles. The fourth-order valence-electron chi connectivity index (χ4n) is 4.93. The van der Waals surface area contributed by atoms with Crippen LogP contribution in [0.15, 0.2) is 93.9 Å². The molecule has 0 N–H and O–H groups in total. The molecule has 3 heterocycles. The van der Waals surface area contributed by atoms with Gasteiger partial charge in [-0.3, -0.25) is 4.98 Å². The van der Waals surface area contributed by atoms with Crippen LogP contribution in [0.2, 0.25) is 0 Å². The zero-order valence-electron chi connectivity index (χ0n) is 19.3. The summed E-state index contributed by atoms with van der Waals surface area (Å²) >= 11 is 0. The Balaban J connectivity index is 1.53. The van der Waals surface area contributed by atoms with Crippen LogP contribution >= 0.6 is 0 Å². The van der Waals surface area contributed by atoms with E-state index in [9.17, 15) is 0 Å². The van der Waals surface area contributed by atoms with Crippen molar-refractivity contribution in [3.8, 4) is 11.3 Å². The average molecular weight is 429 g/mol. The lowest BCUT2D eigenvalue weighted by Gasteiger charge is -2.07. The van der Waals surface area contributed by atoms with Gasteiger partial charge in [-0.2, -0.15) is 0 Å².